The van der Waals surface area contributed by atoms with E-state index in [0.717, 1.165) is 23.3 Å². The van der Waals surface area contributed by atoms with Gasteiger partial charge in [0.2, 0.25) is 0 Å². The van der Waals surface area contributed by atoms with Crippen LogP contribution in [0.2, 0.25) is 5.15 Å². The molecular weight excluding hydrogens is 212 g/mol. The normalized spacial score (nSPS) is 10.7. The Labute approximate surface area is 95.7 Å². The predicted octanol–water partition coefficient (Wildman–Crippen LogP) is 2.86. The maximum Gasteiger partial charge on any atom is 0.132 e. The Morgan fingerprint density at radius 1 is 1.60 bits per heavy atom. The first-order chi connectivity index (χ1) is 7.02. The fourth-order valence-corrected chi connectivity index (χ4v) is 1.49. The summed E-state index contributed by atoms with van der Waals surface area (Å²) in [5.41, 5.74) is 3.03. The molecule has 0 aliphatic heterocycles. The standard InChI is InChI=1S/C11H17ClN2O/c1-8(2)5-6-15-7-10-9(3)13-14(4)11(10)12/h1,5-7H2,2-4H3. The van der Waals surface area contributed by atoms with Crippen molar-refractivity contribution in [2.45, 2.75) is 26.9 Å². The lowest BCUT2D eigenvalue weighted by atomic mass is 10.2. The summed E-state index contributed by atoms with van der Waals surface area (Å²) in [7, 11) is 1.83. The Balaban J connectivity index is 2.47. The number of aryl methyl sites for hydroxylation is 2. The SMILES string of the molecule is C=C(C)CCOCc1c(C)nn(C)c1Cl. The minimum atomic E-state index is 0.520. The van der Waals surface area contributed by atoms with E-state index in [1.165, 1.54) is 0 Å². The van der Waals surface area contributed by atoms with Crippen molar-refractivity contribution in [3.05, 3.63) is 28.6 Å². The summed E-state index contributed by atoms with van der Waals surface area (Å²) in [5.74, 6) is 0. The monoisotopic (exact) mass is 228 g/mol. The van der Waals surface area contributed by atoms with Gasteiger partial charge in [-0.3, -0.25) is 4.68 Å². The zero-order chi connectivity index (χ0) is 11.4. The van der Waals surface area contributed by atoms with Gasteiger partial charge in [0.15, 0.2) is 0 Å². The molecule has 0 N–H and O–H groups in total. The van der Waals surface area contributed by atoms with Crippen LogP contribution >= 0.6 is 11.6 Å². The van der Waals surface area contributed by atoms with Gasteiger partial charge in [0.1, 0.15) is 5.15 Å². The van der Waals surface area contributed by atoms with Gasteiger partial charge < -0.3 is 4.74 Å². The third-order valence-electron chi connectivity index (χ3n) is 2.19. The van der Waals surface area contributed by atoms with Gasteiger partial charge in [-0.25, -0.2) is 0 Å². The van der Waals surface area contributed by atoms with Crippen molar-refractivity contribution in [3.8, 4) is 0 Å². The molecule has 0 saturated carbocycles. The smallest absolute Gasteiger partial charge is 0.132 e. The number of hydrogen-bond acceptors (Lipinski definition) is 2. The first-order valence-electron chi connectivity index (χ1n) is 4.92. The Morgan fingerprint density at radius 2 is 2.27 bits per heavy atom. The highest BCUT2D eigenvalue weighted by Crippen LogP contribution is 2.19. The third kappa shape index (κ3) is 3.36. The molecule has 1 aromatic heterocycles. The number of hydrogen-bond donors (Lipinski definition) is 0. The maximum absolute atomic E-state index is 6.06. The lowest BCUT2D eigenvalue weighted by Crippen LogP contribution is -1.97. The van der Waals surface area contributed by atoms with Gasteiger partial charge in [0.25, 0.3) is 0 Å². The van der Waals surface area contributed by atoms with Gasteiger partial charge in [0.05, 0.1) is 18.9 Å². The maximum atomic E-state index is 6.06. The van der Waals surface area contributed by atoms with Crippen LogP contribution in [0.25, 0.3) is 0 Å². The molecule has 15 heavy (non-hydrogen) atoms. The molecule has 0 unspecified atom stereocenters. The van der Waals surface area contributed by atoms with Crippen molar-refractivity contribution in [2.75, 3.05) is 6.61 Å². The number of rotatable bonds is 5. The van der Waals surface area contributed by atoms with E-state index in [-0.39, 0.29) is 0 Å². The average molecular weight is 229 g/mol. The number of halogens is 1. The molecule has 4 heteroatoms. The van der Waals surface area contributed by atoms with Gasteiger partial charge in [-0.2, -0.15) is 5.10 Å². The molecule has 0 aromatic carbocycles. The lowest BCUT2D eigenvalue weighted by Gasteiger charge is -2.03. The summed E-state index contributed by atoms with van der Waals surface area (Å²) in [6, 6.07) is 0. The van der Waals surface area contributed by atoms with E-state index in [4.69, 9.17) is 16.3 Å². The molecule has 0 fully saturated rings. The van der Waals surface area contributed by atoms with E-state index < -0.39 is 0 Å². The molecule has 0 bridgehead atoms. The van der Waals surface area contributed by atoms with E-state index in [2.05, 4.69) is 11.7 Å². The Morgan fingerprint density at radius 3 is 2.73 bits per heavy atom. The van der Waals surface area contributed by atoms with E-state index in [0.29, 0.717) is 18.4 Å². The van der Waals surface area contributed by atoms with Crippen LogP contribution in [0.3, 0.4) is 0 Å². The molecule has 84 valence electrons. The second kappa shape index (κ2) is 5.33. The summed E-state index contributed by atoms with van der Waals surface area (Å²) in [6.45, 7) is 8.94. The predicted molar refractivity (Wildman–Crippen MR) is 62.0 cm³/mol. The summed E-state index contributed by atoms with van der Waals surface area (Å²) in [5, 5.41) is 4.87. The highest BCUT2D eigenvalue weighted by molar-refractivity contribution is 6.30. The Hall–Kier alpha value is -0.800. The fraction of sp³-hybridized carbons (Fsp3) is 0.545. The van der Waals surface area contributed by atoms with Crippen LogP contribution in [-0.4, -0.2) is 16.4 Å². The number of ether oxygens (including phenoxy) is 1. The average Bonchev–Trinajstić information content (AvgIpc) is 2.37. The van der Waals surface area contributed by atoms with Crippen LogP contribution < -0.4 is 0 Å². The quantitative estimate of drug-likeness (QED) is 0.573. The van der Waals surface area contributed by atoms with Gasteiger partial charge >= 0.3 is 0 Å². The van der Waals surface area contributed by atoms with Crippen LogP contribution in [0.5, 0.6) is 0 Å². The molecule has 1 heterocycles. The van der Waals surface area contributed by atoms with Crippen LogP contribution in [0, 0.1) is 6.92 Å². The minimum absolute atomic E-state index is 0.520. The van der Waals surface area contributed by atoms with Crippen molar-refractivity contribution in [1.29, 1.82) is 0 Å². The van der Waals surface area contributed by atoms with Crippen molar-refractivity contribution in [1.82, 2.24) is 9.78 Å². The molecule has 0 amide bonds. The molecule has 0 radical (unpaired) electrons. The summed E-state index contributed by atoms with van der Waals surface area (Å²) >= 11 is 6.06. The molecular formula is C11H17ClN2O. The van der Waals surface area contributed by atoms with Gasteiger partial charge in [-0.15, -0.1) is 6.58 Å². The second-order valence-electron chi connectivity index (χ2n) is 3.74. The van der Waals surface area contributed by atoms with Crippen molar-refractivity contribution < 1.29 is 4.74 Å². The first kappa shape index (κ1) is 12.3. The van der Waals surface area contributed by atoms with Crippen LogP contribution in [0.1, 0.15) is 24.6 Å². The summed E-state index contributed by atoms with van der Waals surface area (Å²) in [4.78, 5) is 0. The Kier molecular flexibility index (Phi) is 4.36. The molecule has 0 aliphatic carbocycles. The van der Waals surface area contributed by atoms with Crippen LogP contribution in [0.15, 0.2) is 12.2 Å². The number of aromatic nitrogens is 2. The van der Waals surface area contributed by atoms with Crippen LogP contribution in [-0.2, 0) is 18.4 Å². The fourth-order valence-electron chi connectivity index (χ4n) is 1.26. The summed E-state index contributed by atoms with van der Waals surface area (Å²) < 4.78 is 7.17. The number of nitrogens with zero attached hydrogens (tertiary/aromatic N) is 2. The Bertz CT molecular complexity index is 358. The van der Waals surface area contributed by atoms with E-state index in [1.807, 2.05) is 20.9 Å². The second-order valence-corrected chi connectivity index (χ2v) is 4.10. The van der Waals surface area contributed by atoms with Gasteiger partial charge in [-0.1, -0.05) is 17.2 Å². The molecule has 0 spiro atoms. The van der Waals surface area contributed by atoms with E-state index >= 15 is 0 Å². The molecule has 1 aromatic rings. The van der Waals surface area contributed by atoms with Crippen molar-refractivity contribution >= 4 is 11.6 Å². The largest absolute Gasteiger partial charge is 0.376 e. The van der Waals surface area contributed by atoms with Crippen LogP contribution in [0.4, 0.5) is 0 Å². The minimum Gasteiger partial charge on any atom is -0.376 e. The van der Waals surface area contributed by atoms with Crippen molar-refractivity contribution in [2.24, 2.45) is 7.05 Å². The first-order valence-corrected chi connectivity index (χ1v) is 5.30. The van der Waals surface area contributed by atoms with E-state index in [9.17, 15) is 0 Å². The molecule has 1 rings (SSSR count). The highest BCUT2D eigenvalue weighted by Gasteiger charge is 2.10. The molecule has 0 saturated heterocycles. The van der Waals surface area contributed by atoms with E-state index in [1.54, 1.807) is 4.68 Å². The zero-order valence-electron chi connectivity index (χ0n) is 9.51. The van der Waals surface area contributed by atoms with Gasteiger partial charge in [-0.05, 0) is 20.3 Å². The third-order valence-corrected chi connectivity index (χ3v) is 2.66. The topological polar surface area (TPSA) is 27.1 Å². The molecule has 3 nitrogen and oxygen atoms in total. The molecule has 0 aliphatic rings. The van der Waals surface area contributed by atoms with Gasteiger partial charge in [0, 0.05) is 12.6 Å². The lowest BCUT2D eigenvalue weighted by molar-refractivity contribution is 0.123. The molecule has 0 atom stereocenters. The zero-order valence-corrected chi connectivity index (χ0v) is 10.3. The summed E-state index contributed by atoms with van der Waals surface area (Å²) in [6.07, 6.45) is 0.886. The highest BCUT2D eigenvalue weighted by atomic mass is 35.5. The van der Waals surface area contributed by atoms with Crippen molar-refractivity contribution in [3.63, 3.8) is 0 Å².